The maximum absolute atomic E-state index is 13.5. The standard InChI is InChI=1S/C21H20N2O4/c1-14-12-17(18(24)27-14)23-19(25)21(22-20(23)26,16-10-6-3-7-11-16)13-15-8-4-2-5-9-15/h2-11,14,17H,12-13H2,1H3,(H,22,26)/t14-,17-,21+/m0/s1. The summed E-state index contributed by atoms with van der Waals surface area (Å²) in [6, 6.07) is 17.2. The van der Waals surface area contributed by atoms with Gasteiger partial charge in [-0.3, -0.25) is 4.79 Å². The van der Waals surface area contributed by atoms with Crippen LogP contribution in [0.1, 0.15) is 24.5 Å². The van der Waals surface area contributed by atoms with Gasteiger partial charge in [-0.05, 0) is 18.1 Å². The van der Waals surface area contributed by atoms with E-state index in [0.717, 1.165) is 10.5 Å². The van der Waals surface area contributed by atoms with Crippen molar-refractivity contribution in [2.45, 2.75) is 37.5 Å². The van der Waals surface area contributed by atoms with Crippen LogP contribution in [0.3, 0.4) is 0 Å². The highest BCUT2D eigenvalue weighted by atomic mass is 16.6. The molecule has 0 aliphatic carbocycles. The van der Waals surface area contributed by atoms with Crippen molar-refractivity contribution in [3.05, 3.63) is 71.8 Å². The Morgan fingerprint density at radius 3 is 2.26 bits per heavy atom. The minimum atomic E-state index is -1.24. The number of hydrogen-bond acceptors (Lipinski definition) is 4. The minimum Gasteiger partial charge on any atom is -0.461 e. The Kier molecular flexibility index (Phi) is 4.18. The summed E-state index contributed by atoms with van der Waals surface area (Å²) in [6.45, 7) is 1.75. The van der Waals surface area contributed by atoms with E-state index < -0.39 is 29.5 Å². The van der Waals surface area contributed by atoms with Crippen molar-refractivity contribution in [2.75, 3.05) is 0 Å². The molecule has 2 fully saturated rings. The van der Waals surface area contributed by atoms with Crippen molar-refractivity contribution in [1.29, 1.82) is 0 Å². The summed E-state index contributed by atoms with van der Waals surface area (Å²) in [6.07, 6.45) is 0.300. The van der Waals surface area contributed by atoms with Crippen LogP contribution in [-0.4, -0.2) is 35.0 Å². The summed E-state index contributed by atoms with van der Waals surface area (Å²) in [7, 11) is 0. The zero-order valence-corrected chi connectivity index (χ0v) is 14.9. The maximum Gasteiger partial charge on any atom is 0.329 e. The van der Waals surface area contributed by atoms with E-state index >= 15 is 0 Å². The summed E-state index contributed by atoms with van der Waals surface area (Å²) in [5.74, 6) is -0.951. The zero-order chi connectivity index (χ0) is 19.0. The molecule has 2 aliphatic rings. The van der Waals surface area contributed by atoms with Gasteiger partial charge in [0.25, 0.3) is 5.91 Å². The van der Waals surface area contributed by atoms with Gasteiger partial charge in [-0.2, -0.15) is 0 Å². The number of nitrogens with zero attached hydrogens (tertiary/aromatic N) is 1. The van der Waals surface area contributed by atoms with Gasteiger partial charge in [-0.25, -0.2) is 14.5 Å². The topological polar surface area (TPSA) is 75.7 Å². The van der Waals surface area contributed by atoms with Crippen LogP contribution in [-0.2, 0) is 26.3 Å². The average Bonchev–Trinajstić information content (AvgIpc) is 3.12. The smallest absolute Gasteiger partial charge is 0.329 e. The molecule has 0 saturated carbocycles. The summed E-state index contributed by atoms with van der Waals surface area (Å²) in [5.41, 5.74) is 0.361. The minimum absolute atomic E-state index is 0.302. The number of amides is 3. The van der Waals surface area contributed by atoms with Gasteiger partial charge in [0.1, 0.15) is 12.1 Å². The van der Waals surface area contributed by atoms with Crippen LogP contribution >= 0.6 is 0 Å². The summed E-state index contributed by atoms with van der Waals surface area (Å²) >= 11 is 0. The molecule has 2 saturated heterocycles. The van der Waals surface area contributed by atoms with E-state index in [9.17, 15) is 14.4 Å². The normalized spacial score (nSPS) is 27.6. The number of urea groups is 1. The van der Waals surface area contributed by atoms with E-state index in [1.54, 1.807) is 6.92 Å². The fourth-order valence-corrected chi connectivity index (χ4v) is 3.87. The molecule has 2 aliphatic heterocycles. The lowest BCUT2D eigenvalue weighted by Gasteiger charge is -2.28. The number of nitrogens with one attached hydrogen (secondary N) is 1. The van der Waals surface area contributed by atoms with Crippen molar-refractivity contribution >= 4 is 17.9 Å². The average molecular weight is 364 g/mol. The molecule has 3 amide bonds. The number of benzene rings is 2. The molecule has 0 spiro atoms. The van der Waals surface area contributed by atoms with Crippen LogP contribution in [0.4, 0.5) is 4.79 Å². The van der Waals surface area contributed by atoms with Crippen LogP contribution in [0.2, 0.25) is 0 Å². The molecule has 3 atom stereocenters. The van der Waals surface area contributed by atoms with Gasteiger partial charge in [-0.15, -0.1) is 0 Å². The first-order chi connectivity index (χ1) is 13.0. The first kappa shape index (κ1) is 17.3. The summed E-state index contributed by atoms with van der Waals surface area (Å²) < 4.78 is 5.16. The van der Waals surface area contributed by atoms with E-state index in [1.807, 2.05) is 60.7 Å². The van der Waals surface area contributed by atoms with Gasteiger partial charge in [0, 0.05) is 12.8 Å². The summed E-state index contributed by atoms with van der Waals surface area (Å²) in [4.78, 5) is 39.5. The van der Waals surface area contributed by atoms with Gasteiger partial charge in [0.2, 0.25) is 0 Å². The molecule has 0 radical (unpaired) electrons. The molecule has 2 aromatic rings. The van der Waals surface area contributed by atoms with E-state index in [1.165, 1.54) is 0 Å². The number of hydrogen-bond donors (Lipinski definition) is 1. The second-order valence-electron chi connectivity index (χ2n) is 7.04. The second kappa shape index (κ2) is 6.54. The molecule has 0 bridgehead atoms. The molecular weight excluding hydrogens is 344 g/mol. The van der Waals surface area contributed by atoms with Crippen LogP contribution in [0.15, 0.2) is 60.7 Å². The highest BCUT2D eigenvalue weighted by Gasteiger charge is 2.57. The molecule has 1 N–H and O–H groups in total. The third-order valence-corrected chi connectivity index (χ3v) is 5.16. The van der Waals surface area contributed by atoms with Gasteiger partial charge in [-0.1, -0.05) is 60.7 Å². The summed E-state index contributed by atoms with van der Waals surface area (Å²) in [5, 5.41) is 2.87. The van der Waals surface area contributed by atoms with Gasteiger partial charge in [0.05, 0.1) is 0 Å². The van der Waals surface area contributed by atoms with Crippen molar-refractivity contribution in [2.24, 2.45) is 0 Å². The van der Waals surface area contributed by atoms with E-state index in [-0.39, 0.29) is 6.10 Å². The van der Waals surface area contributed by atoms with Crippen LogP contribution in [0.25, 0.3) is 0 Å². The molecule has 0 aromatic heterocycles. The van der Waals surface area contributed by atoms with Crippen molar-refractivity contribution in [3.63, 3.8) is 0 Å². The first-order valence-electron chi connectivity index (χ1n) is 8.97. The number of cyclic esters (lactones) is 1. The van der Waals surface area contributed by atoms with Crippen molar-refractivity contribution in [3.8, 4) is 0 Å². The Morgan fingerprint density at radius 2 is 1.67 bits per heavy atom. The van der Waals surface area contributed by atoms with Gasteiger partial charge < -0.3 is 10.1 Å². The van der Waals surface area contributed by atoms with Crippen LogP contribution in [0.5, 0.6) is 0 Å². The van der Waals surface area contributed by atoms with Crippen molar-refractivity contribution in [1.82, 2.24) is 10.2 Å². The molecule has 2 aromatic carbocycles. The number of ether oxygens (including phenoxy) is 1. The Bertz CT molecular complexity index is 884. The molecule has 0 unspecified atom stereocenters. The fourth-order valence-electron chi connectivity index (χ4n) is 3.87. The largest absolute Gasteiger partial charge is 0.461 e. The predicted molar refractivity (Wildman–Crippen MR) is 97.6 cm³/mol. The molecule has 4 rings (SSSR count). The Morgan fingerprint density at radius 1 is 1.04 bits per heavy atom. The number of rotatable bonds is 4. The molecule has 27 heavy (non-hydrogen) atoms. The number of carbonyl (C=O) groups excluding carboxylic acids is 3. The Labute approximate surface area is 157 Å². The first-order valence-corrected chi connectivity index (χ1v) is 8.97. The third-order valence-electron chi connectivity index (χ3n) is 5.16. The van der Waals surface area contributed by atoms with Crippen molar-refractivity contribution < 1.29 is 19.1 Å². The molecule has 2 heterocycles. The number of carbonyl (C=O) groups is 3. The Balaban J connectivity index is 1.76. The van der Waals surface area contributed by atoms with E-state index in [4.69, 9.17) is 4.74 Å². The molecular formula is C21H20N2O4. The predicted octanol–water partition coefficient (Wildman–Crippen LogP) is 2.38. The quantitative estimate of drug-likeness (QED) is 0.668. The van der Waals surface area contributed by atoms with E-state index in [2.05, 4.69) is 5.32 Å². The van der Waals surface area contributed by atoms with Crippen LogP contribution in [0, 0.1) is 0 Å². The molecule has 6 heteroatoms. The molecule has 6 nitrogen and oxygen atoms in total. The SMILES string of the molecule is C[C@H]1C[C@H](N2C(=O)N[C@](Cc3ccccc3)(c3ccccc3)C2=O)C(=O)O1. The highest BCUT2D eigenvalue weighted by molar-refractivity contribution is 6.10. The monoisotopic (exact) mass is 364 g/mol. The number of esters is 1. The number of imide groups is 1. The van der Waals surface area contributed by atoms with Gasteiger partial charge in [0.15, 0.2) is 5.54 Å². The zero-order valence-electron chi connectivity index (χ0n) is 14.9. The lowest BCUT2D eigenvalue weighted by Crippen LogP contribution is -2.48. The van der Waals surface area contributed by atoms with E-state index in [0.29, 0.717) is 18.4 Å². The molecule has 138 valence electrons. The van der Waals surface area contributed by atoms with Gasteiger partial charge >= 0.3 is 12.0 Å². The lowest BCUT2D eigenvalue weighted by atomic mass is 9.83. The lowest BCUT2D eigenvalue weighted by molar-refractivity contribution is -0.147. The maximum atomic E-state index is 13.5. The third kappa shape index (κ3) is 2.87. The second-order valence-corrected chi connectivity index (χ2v) is 7.04. The fraction of sp³-hybridized carbons (Fsp3) is 0.286. The highest BCUT2D eigenvalue weighted by Crippen LogP contribution is 2.36. The van der Waals surface area contributed by atoms with Crippen LogP contribution < -0.4 is 5.32 Å². The Hall–Kier alpha value is -3.15.